The molecule has 116 valence electrons. The Balaban J connectivity index is 2.78. The Bertz CT molecular complexity index is 480. The van der Waals surface area contributed by atoms with E-state index in [1.807, 2.05) is 56.0 Å². The van der Waals surface area contributed by atoms with Gasteiger partial charge in [0.15, 0.2) is 0 Å². The molecule has 21 heavy (non-hydrogen) atoms. The molecule has 1 aromatic rings. The maximum atomic E-state index is 12.5. The van der Waals surface area contributed by atoms with E-state index in [0.29, 0.717) is 6.54 Å². The molecule has 0 radical (unpaired) electrons. The van der Waals surface area contributed by atoms with Gasteiger partial charge < -0.3 is 10.6 Å². The number of nitrogens with zero attached hydrogens (tertiary/aromatic N) is 2. The topological polar surface area (TPSA) is 66.6 Å². The van der Waals surface area contributed by atoms with Gasteiger partial charge in [0.25, 0.3) is 0 Å². The van der Waals surface area contributed by atoms with Gasteiger partial charge in [-0.15, -0.1) is 0 Å². The highest BCUT2D eigenvalue weighted by Gasteiger charge is 2.27. The average molecular weight is 291 g/mol. The lowest BCUT2D eigenvalue weighted by molar-refractivity contribution is -0.138. The summed E-state index contributed by atoms with van der Waals surface area (Å²) >= 11 is 0. The molecule has 5 heteroatoms. The van der Waals surface area contributed by atoms with Crippen molar-refractivity contribution < 1.29 is 9.59 Å². The third-order valence-corrected chi connectivity index (χ3v) is 3.13. The average Bonchev–Trinajstić information content (AvgIpc) is 2.34. The fourth-order valence-corrected chi connectivity index (χ4v) is 2.10. The van der Waals surface area contributed by atoms with Crippen LogP contribution in [-0.2, 0) is 16.1 Å². The van der Waals surface area contributed by atoms with E-state index in [4.69, 9.17) is 5.73 Å². The van der Waals surface area contributed by atoms with E-state index in [2.05, 4.69) is 0 Å². The van der Waals surface area contributed by atoms with Crippen LogP contribution in [0.25, 0.3) is 0 Å². The highest BCUT2D eigenvalue weighted by atomic mass is 16.2. The van der Waals surface area contributed by atoms with Crippen molar-refractivity contribution in [1.29, 1.82) is 0 Å². The van der Waals surface area contributed by atoms with Crippen LogP contribution in [0.15, 0.2) is 30.3 Å². The molecule has 0 fully saturated rings. The number of carbonyl (C=O) groups is 2. The summed E-state index contributed by atoms with van der Waals surface area (Å²) in [5.41, 5.74) is 5.94. The Morgan fingerprint density at radius 3 is 2.14 bits per heavy atom. The molecule has 0 spiro atoms. The number of hydrogen-bond donors (Lipinski definition) is 1. The summed E-state index contributed by atoms with van der Waals surface area (Å²) in [6, 6.07) is 9.87. The van der Waals surface area contributed by atoms with Gasteiger partial charge in [-0.3, -0.25) is 14.5 Å². The van der Waals surface area contributed by atoms with Gasteiger partial charge in [0, 0.05) is 12.1 Å². The molecule has 0 atom stereocenters. The first-order chi connectivity index (χ1) is 9.70. The Morgan fingerprint density at radius 2 is 1.67 bits per heavy atom. The molecular formula is C16H25N3O2. The quantitative estimate of drug-likeness (QED) is 0.857. The highest BCUT2D eigenvalue weighted by Crippen LogP contribution is 2.17. The first-order valence-electron chi connectivity index (χ1n) is 7.01. The van der Waals surface area contributed by atoms with E-state index in [-0.39, 0.29) is 24.5 Å². The smallest absolute Gasteiger partial charge is 0.237 e. The third kappa shape index (κ3) is 5.95. The van der Waals surface area contributed by atoms with Gasteiger partial charge in [-0.05, 0) is 33.4 Å². The normalized spacial score (nSPS) is 11.5. The lowest BCUT2D eigenvalue weighted by atomic mass is 10.0. The number of amides is 2. The zero-order chi connectivity index (χ0) is 16.0. The third-order valence-electron chi connectivity index (χ3n) is 3.13. The molecule has 0 saturated carbocycles. The Morgan fingerprint density at radius 1 is 1.10 bits per heavy atom. The van der Waals surface area contributed by atoms with Crippen LogP contribution in [-0.4, -0.2) is 47.3 Å². The van der Waals surface area contributed by atoms with Crippen molar-refractivity contribution >= 4 is 11.8 Å². The Kier molecular flexibility index (Phi) is 5.90. The molecule has 0 aliphatic rings. The molecule has 2 N–H and O–H groups in total. The van der Waals surface area contributed by atoms with Gasteiger partial charge in [0.1, 0.15) is 0 Å². The molecule has 0 aromatic heterocycles. The molecule has 1 aromatic carbocycles. The first kappa shape index (κ1) is 17.2. The van der Waals surface area contributed by atoms with Gasteiger partial charge in [-0.25, -0.2) is 0 Å². The number of nitrogens with two attached hydrogens (primary N) is 1. The second-order valence-corrected chi connectivity index (χ2v) is 6.27. The molecule has 0 aliphatic heterocycles. The fourth-order valence-electron chi connectivity index (χ4n) is 2.10. The minimum Gasteiger partial charge on any atom is -0.369 e. The van der Waals surface area contributed by atoms with E-state index in [9.17, 15) is 9.59 Å². The molecule has 2 amide bonds. The highest BCUT2D eigenvalue weighted by molar-refractivity contribution is 5.80. The number of rotatable bonds is 6. The molecule has 1 rings (SSSR count). The van der Waals surface area contributed by atoms with Crippen molar-refractivity contribution in [2.75, 3.05) is 20.1 Å². The van der Waals surface area contributed by atoms with Crippen LogP contribution in [0.5, 0.6) is 0 Å². The van der Waals surface area contributed by atoms with Crippen LogP contribution in [0, 0.1) is 0 Å². The molecule has 0 bridgehead atoms. The lowest BCUT2D eigenvalue weighted by Gasteiger charge is -2.37. The number of carbonyl (C=O) groups excluding carboxylic acids is 2. The second kappa shape index (κ2) is 7.22. The molecule has 0 heterocycles. The van der Waals surface area contributed by atoms with E-state index in [0.717, 1.165) is 5.56 Å². The molecular weight excluding hydrogens is 266 g/mol. The predicted octanol–water partition coefficient (Wildman–Crippen LogP) is 1.23. The lowest BCUT2D eigenvalue weighted by Crippen LogP contribution is -2.49. The molecule has 0 unspecified atom stereocenters. The molecule has 5 nitrogen and oxygen atoms in total. The van der Waals surface area contributed by atoms with E-state index in [1.54, 1.807) is 11.9 Å². The summed E-state index contributed by atoms with van der Waals surface area (Å²) < 4.78 is 0. The standard InChI is InChI=1S/C16H25N3O2/c1-16(2,3)19(10-13-8-6-5-7-9-13)15(21)12-18(4)11-14(17)20/h5-9H,10-12H2,1-4H3,(H2,17,20). The van der Waals surface area contributed by atoms with Gasteiger partial charge in [0.2, 0.25) is 11.8 Å². The SMILES string of the molecule is CN(CC(N)=O)CC(=O)N(Cc1ccccc1)C(C)(C)C. The summed E-state index contributed by atoms with van der Waals surface area (Å²) in [6.45, 7) is 6.81. The Hall–Kier alpha value is -1.88. The van der Waals surface area contributed by atoms with Gasteiger partial charge in [-0.1, -0.05) is 30.3 Å². The van der Waals surface area contributed by atoms with Crippen LogP contribution in [0.2, 0.25) is 0 Å². The summed E-state index contributed by atoms with van der Waals surface area (Å²) in [5, 5.41) is 0. The first-order valence-corrected chi connectivity index (χ1v) is 7.01. The number of primary amides is 1. The van der Waals surface area contributed by atoms with E-state index < -0.39 is 5.91 Å². The minimum atomic E-state index is -0.435. The fraction of sp³-hybridized carbons (Fsp3) is 0.500. The molecule has 0 aliphatic carbocycles. The number of hydrogen-bond acceptors (Lipinski definition) is 3. The van der Waals surface area contributed by atoms with Crippen molar-refractivity contribution in [1.82, 2.24) is 9.80 Å². The summed E-state index contributed by atoms with van der Waals surface area (Å²) in [6.07, 6.45) is 0. The minimum absolute atomic E-state index is 0.0184. The van der Waals surface area contributed by atoms with Crippen molar-refractivity contribution in [3.63, 3.8) is 0 Å². The maximum absolute atomic E-state index is 12.5. The van der Waals surface area contributed by atoms with Crippen LogP contribution in [0.1, 0.15) is 26.3 Å². The van der Waals surface area contributed by atoms with Crippen LogP contribution >= 0.6 is 0 Å². The summed E-state index contributed by atoms with van der Waals surface area (Å²) in [7, 11) is 1.71. The van der Waals surface area contributed by atoms with Crippen LogP contribution < -0.4 is 5.73 Å². The van der Waals surface area contributed by atoms with Gasteiger partial charge in [-0.2, -0.15) is 0 Å². The maximum Gasteiger partial charge on any atom is 0.237 e. The van der Waals surface area contributed by atoms with Crippen LogP contribution in [0.4, 0.5) is 0 Å². The molecule has 0 saturated heterocycles. The van der Waals surface area contributed by atoms with Crippen molar-refractivity contribution in [2.45, 2.75) is 32.9 Å². The van der Waals surface area contributed by atoms with E-state index in [1.165, 1.54) is 0 Å². The largest absolute Gasteiger partial charge is 0.369 e. The number of likely N-dealkylation sites (N-methyl/N-ethyl adjacent to an activating group) is 1. The van der Waals surface area contributed by atoms with E-state index >= 15 is 0 Å². The van der Waals surface area contributed by atoms with Gasteiger partial charge in [0.05, 0.1) is 13.1 Å². The monoisotopic (exact) mass is 291 g/mol. The van der Waals surface area contributed by atoms with Gasteiger partial charge >= 0.3 is 0 Å². The summed E-state index contributed by atoms with van der Waals surface area (Å²) in [5.74, 6) is -0.453. The van der Waals surface area contributed by atoms with Crippen molar-refractivity contribution in [3.8, 4) is 0 Å². The zero-order valence-electron chi connectivity index (χ0n) is 13.3. The second-order valence-electron chi connectivity index (χ2n) is 6.27. The Labute approximate surface area is 126 Å². The van der Waals surface area contributed by atoms with Crippen molar-refractivity contribution in [2.24, 2.45) is 5.73 Å². The predicted molar refractivity (Wildman–Crippen MR) is 83.4 cm³/mol. The number of benzene rings is 1. The van der Waals surface area contributed by atoms with Crippen molar-refractivity contribution in [3.05, 3.63) is 35.9 Å². The zero-order valence-corrected chi connectivity index (χ0v) is 13.3. The summed E-state index contributed by atoms with van der Waals surface area (Å²) in [4.78, 5) is 26.9. The van der Waals surface area contributed by atoms with Crippen LogP contribution in [0.3, 0.4) is 0 Å².